The fourth-order valence-corrected chi connectivity index (χ4v) is 2.95. The third kappa shape index (κ3) is 5.30. The molecule has 0 bridgehead atoms. The number of carbonyl (C=O) groups is 2. The van der Waals surface area contributed by atoms with Crippen LogP contribution < -0.4 is 10.5 Å². The first-order chi connectivity index (χ1) is 13.7. The Kier molecular flexibility index (Phi) is 5.80. The number of ether oxygens (including phenoxy) is 1. The van der Waals surface area contributed by atoms with Crippen molar-refractivity contribution >= 4 is 27.6 Å². The maximum absolute atomic E-state index is 12.2. The molecule has 3 aromatic rings. The lowest BCUT2D eigenvalue weighted by molar-refractivity contribution is -0.123. The summed E-state index contributed by atoms with van der Waals surface area (Å²) >= 11 is 0. The summed E-state index contributed by atoms with van der Waals surface area (Å²) in [5.74, 6) is -1.01. The van der Waals surface area contributed by atoms with E-state index in [1.807, 2.05) is 0 Å². The van der Waals surface area contributed by atoms with E-state index in [1.54, 1.807) is 29.2 Å². The van der Waals surface area contributed by atoms with Crippen molar-refractivity contribution < 1.29 is 27.2 Å². The van der Waals surface area contributed by atoms with E-state index in [0.717, 1.165) is 0 Å². The van der Waals surface area contributed by atoms with Crippen molar-refractivity contribution in [2.45, 2.75) is 24.5 Å². The summed E-state index contributed by atoms with van der Waals surface area (Å²) in [4.78, 5) is 24.3. The second kappa shape index (κ2) is 8.29. The Morgan fingerprint density at radius 3 is 2.76 bits per heavy atom. The van der Waals surface area contributed by atoms with Crippen LogP contribution in [0.1, 0.15) is 23.2 Å². The number of furan rings is 1. The smallest absolute Gasteiger partial charge is 0.375 e. The Morgan fingerprint density at radius 1 is 1.28 bits per heavy atom. The van der Waals surface area contributed by atoms with Gasteiger partial charge in [0.2, 0.25) is 15.8 Å². The molecule has 29 heavy (non-hydrogen) atoms. The SMILES string of the molecule is CC(OC(=O)c1ccc(Cn2cccn2)o1)C(=O)Nc1cccc(S(N)(=O)=O)c1. The molecule has 2 heterocycles. The number of hydrogen-bond acceptors (Lipinski definition) is 7. The van der Waals surface area contributed by atoms with Gasteiger partial charge in [0.25, 0.3) is 5.91 Å². The highest BCUT2D eigenvalue weighted by molar-refractivity contribution is 7.89. The first-order valence-corrected chi connectivity index (χ1v) is 9.98. The van der Waals surface area contributed by atoms with Crippen LogP contribution in [0.25, 0.3) is 0 Å². The van der Waals surface area contributed by atoms with E-state index in [4.69, 9.17) is 14.3 Å². The summed E-state index contributed by atoms with van der Waals surface area (Å²) in [6, 6.07) is 10.2. The van der Waals surface area contributed by atoms with Crippen LogP contribution >= 0.6 is 0 Å². The minimum Gasteiger partial charge on any atom is -0.452 e. The number of anilines is 1. The van der Waals surface area contributed by atoms with Gasteiger partial charge in [0, 0.05) is 18.1 Å². The van der Waals surface area contributed by atoms with Gasteiger partial charge < -0.3 is 14.5 Å². The molecule has 0 aliphatic heterocycles. The average Bonchev–Trinajstić information content (AvgIpc) is 3.33. The maximum atomic E-state index is 12.2. The summed E-state index contributed by atoms with van der Waals surface area (Å²) < 4.78 is 34.9. The molecule has 0 radical (unpaired) electrons. The molecule has 1 aromatic carbocycles. The number of carbonyl (C=O) groups excluding carboxylic acids is 2. The number of primary sulfonamides is 1. The van der Waals surface area contributed by atoms with Gasteiger partial charge in [0.05, 0.1) is 11.4 Å². The monoisotopic (exact) mass is 418 g/mol. The van der Waals surface area contributed by atoms with Crippen LogP contribution in [-0.4, -0.2) is 36.2 Å². The molecule has 10 nitrogen and oxygen atoms in total. The van der Waals surface area contributed by atoms with Gasteiger partial charge >= 0.3 is 5.97 Å². The van der Waals surface area contributed by atoms with Gasteiger partial charge in [0.1, 0.15) is 5.76 Å². The number of nitrogens with one attached hydrogen (secondary N) is 1. The number of nitrogens with two attached hydrogens (primary N) is 1. The summed E-state index contributed by atoms with van der Waals surface area (Å²) in [6.07, 6.45) is 2.22. The van der Waals surface area contributed by atoms with Crippen molar-refractivity contribution in [3.8, 4) is 0 Å². The predicted octanol–water partition coefficient (Wildman–Crippen LogP) is 1.36. The maximum Gasteiger partial charge on any atom is 0.375 e. The van der Waals surface area contributed by atoms with Gasteiger partial charge in [0.15, 0.2) is 6.10 Å². The highest BCUT2D eigenvalue weighted by Gasteiger charge is 2.22. The molecule has 0 saturated heterocycles. The van der Waals surface area contributed by atoms with Gasteiger partial charge in [-0.25, -0.2) is 18.4 Å². The third-order valence-corrected chi connectivity index (χ3v) is 4.73. The van der Waals surface area contributed by atoms with Gasteiger partial charge in [-0.15, -0.1) is 0 Å². The largest absolute Gasteiger partial charge is 0.452 e. The Hall–Kier alpha value is -3.44. The van der Waals surface area contributed by atoms with Crippen molar-refractivity contribution in [3.63, 3.8) is 0 Å². The van der Waals surface area contributed by atoms with Crippen molar-refractivity contribution in [1.82, 2.24) is 9.78 Å². The molecule has 3 rings (SSSR count). The van der Waals surface area contributed by atoms with Gasteiger partial charge in [-0.2, -0.15) is 5.10 Å². The van der Waals surface area contributed by atoms with Crippen molar-refractivity contribution in [2.75, 3.05) is 5.32 Å². The Bertz CT molecular complexity index is 1120. The minimum absolute atomic E-state index is 0.0528. The molecule has 11 heteroatoms. The standard InChI is InChI=1S/C18H18N4O6S/c1-12(17(23)21-13-4-2-5-15(10-13)29(19,25)26)27-18(24)16-7-6-14(28-16)11-22-9-3-8-20-22/h2-10,12H,11H2,1H3,(H,21,23)(H2,19,25,26). The lowest BCUT2D eigenvalue weighted by Gasteiger charge is -2.13. The molecular weight excluding hydrogens is 400 g/mol. The zero-order valence-corrected chi connectivity index (χ0v) is 16.1. The minimum atomic E-state index is -3.91. The lowest BCUT2D eigenvalue weighted by Crippen LogP contribution is -2.30. The molecule has 1 atom stereocenters. The molecule has 152 valence electrons. The zero-order valence-electron chi connectivity index (χ0n) is 15.3. The Balaban J connectivity index is 1.59. The second-order valence-corrected chi connectivity index (χ2v) is 7.64. The van der Waals surface area contributed by atoms with Crippen LogP contribution in [0.5, 0.6) is 0 Å². The molecule has 0 aliphatic carbocycles. The van der Waals surface area contributed by atoms with Crippen LogP contribution in [0.2, 0.25) is 0 Å². The summed E-state index contributed by atoms with van der Waals surface area (Å²) in [7, 11) is -3.91. The number of amides is 1. The van der Waals surface area contributed by atoms with Gasteiger partial charge in [-0.3, -0.25) is 9.48 Å². The molecular formula is C18H18N4O6S. The summed E-state index contributed by atoms with van der Waals surface area (Å²) in [5.41, 5.74) is 0.198. The van der Waals surface area contributed by atoms with Gasteiger partial charge in [-0.1, -0.05) is 6.07 Å². The van der Waals surface area contributed by atoms with E-state index in [0.29, 0.717) is 12.3 Å². The van der Waals surface area contributed by atoms with E-state index in [2.05, 4.69) is 10.4 Å². The summed E-state index contributed by atoms with van der Waals surface area (Å²) in [5, 5.41) is 11.6. The van der Waals surface area contributed by atoms with E-state index < -0.39 is 28.0 Å². The highest BCUT2D eigenvalue weighted by Crippen LogP contribution is 2.16. The van der Waals surface area contributed by atoms with E-state index in [9.17, 15) is 18.0 Å². The predicted molar refractivity (Wildman–Crippen MR) is 101 cm³/mol. The Morgan fingerprint density at radius 2 is 2.07 bits per heavy atom. The molecule has 3 N–H and O–H groups in total. The van der Waals surface area contributed by atoms with Crippen LogP contribution in [-0.2, 0) is 26.1 Å². The number of aromatic nitrogens is 2. The molecule has 1 amide bonds. The zero-order chi connectivity index (χ0) is 21.0. The molecule has 0 spiro atoms. The first kappa shape index (κ1) is 20.3. The fraction of sp³-hybridized carbons (Fsp3) is 0.167. The van der Waals surface area contributed by atoms with Crippen molar-refractivity contribution in [2.24, 2.45) is 5.14 Å². The lowest BCUT2D eigenvalue weighted by atomic mass is 10.3. The van der Waals surface area contributed by atoms with Crippen LogP contribution in [0, 0.1) is 0 Å². The topological polar surface area (TPSA) is 147 Å². The van der Waals surface area contributed by atoms with E-state index in [1.165, 1.54) is 37.3 Å². The number of esters is 1. The number of sulfonamides is 1. The fourth-order valence-electron chi connectivity index (χ4n) is 2.39. The number of rotatable bonds is 7. The molecule has 0 fully saturated rings. The third-order valence-electron chi connectivity index (χ3n) is 3.82. The quantitative estimate of drug-likeness (QED) is 0.551. The van der Waals surface area contributed by atoms with Crippen LogP contribution in [0.4, 0.5) is 5.69 Å². The second-order valence-electron chi connectivity index (χ2n) is 6.08. The molecule has 2 aromatic heterocycles. The number of nitrogens with zero attached hydrogens (tertiary/aromatic N) is 2. The highest BCUT2D eigenvalue weighted by atomic mass is 32.2. The van der Waals surface area contributed by atoms with Gasteiger partial charge in [-0.05, 0) is 43.3 Å². The van der Waals surface area contributed by atoms with Crippen LogP contribution in [0.3, 0.4) is 0 Å². The number of hydrogen-bond donors (Lipinski definition) is 2. The average molecular weight is 418 g/mol. The van der Waals surface area contributed by atoms with Crippen LogP contribution in [0.15, 0.2) is 64.2 Å². The number of benzene rings is 1. The molecule has 0 saturated carbocycles. The van der Waals surface area contributed by atoms with E-state index >= 15 is 0 Å². The normalized spacial score (nSPS) is 12.3. The van der Waals surface area contributed by atoms with E-state index in [-0.39, 0.29) is 16.3 Å². The molecule has 1 unspecified atom stereocenters. The van der Waals surface area contributed by atoms with Crippen molar-refractivity contribution in [1.29, 1.82) is 0 Å². The molecule has 0 aliphatic rings. The Labute approximate surface area is 166 Å². The summed E-state index contributed by atoms with van der Waals surface area (Å²) in [6.45, 7) is 1.72. The van der Waals surface area contributed by atoms with Crippen molar-refractivity contribution in [3.05, 3.63) is 66.4 Å². The first-order valence-electron chi connectivity index (χ1n) is 8.43.